The molecule has 5 nitrogen and oxygen atoms in total. The number of carbonyl (C=O) groups excluding carboxylic acids is 2. The van der Waals surface area contributed by atoms with Crippen molar-refractivity contribution >= 4 is 33.3 Å². The Morgan fingerprint density at radius 2 is 1.78 bits per heavy atom. The van der Waals surface area contributed by atoms with Gasteiger partial charge in [-0.05, 0) is 12.1 Å². The molecule has 27 heavy (non-hydrogen) atoms. The fourth-order valence-electron chi connectivity index (χ4n) is 3.26. The monoisotopic (exact) mass is 429 g/mol. The summed E-state index contributed by atoms with van der Waals surface area (Å²) in [6.45, 7) is 0. The number of nitrogens with zero attached hydrogens (tertiary/aromatic N) is 2. The van der Waals surface area contributed by atoms with E-state index >= 15 is 8.78 Å². The zero-order chi connectivity index (χ0) is 19.8. The summed E-state index contributed by atoms with van der Waals surface area (Å²) in [4.78, 5) is 25.4. The summed E-state index contributed by atoms with van der Waals surface area (Å²) in [6.07, 6.45) is 0. The molecule has 1 N–H and O–H groups in total. The van der Waals surface area contributed by atoms with Crippen molar-refractivity contribution in [1.29, 1.82) is 10.5 Å². The summed E-state index contributed by atoms with van der Waals surface area (Å²) in [5, 5.41) is 21.0. The van der Waals surface area contributed by atoms with E-state index < -0.39 is 28.9 Å². The largest absolute Gasteiger partial charge is 0.330 e. The van der Waals surface area contributed by atoms with Gasteiger partial charge in [0.15, 0.2) is 11.3 Å². The number of halogens is 3. The average Bonchev–Trinajstić information content (AvgIpc) is 2.95. The highest BCUT2D eigenvalue weighted by molar-refractivity contribution is 9.10. The number of hydrogen-bond acceptors (Lipinski definition) is 4. The molecular formula is C19H10BrF2N3O2. The van der Waals surface area contributed by atoms with Crippen LogP contribution in [0.5, 0.6) is 0 Å². The van der Waals surface area contributed by atoms with Crippen LogP contribution in [0.25, 0.3) is 0 Å². The van der Waals surface area contributed by atoms with E-state index in [-0.39, 0.29) is 16.8 Å². The maximum Gasteiger partial charge on any atom is 0.330 e. The quantitative estimate of drug-likeness (QED) is 0.747. The van der Waals surface area contributed by atoms with Crippen LogP contribution in [0.1, 0.15) is 15.9 Å². The lowest BCUT2D eigenvalue weighted by Crippen LogP contribution is -2.58. The molecule has 0 aliphatic carbocycles. The van der Waals surface area contributed by atoms with Crippen molar-refractivity contribution in [2.24, 2.45) is 5.92 Å². The standard InChI is InChI=1S/C19H10BrF2N3O2/c20-13-6-7-14-15(8-13)25-17(27)18(14,12(9-23)10-24)19(21,22)16(26)11-4-2-1-3-5-11/h1-8,12H,(H,25,27)/t18-/m1/s1. The molecule has 0 spiro atoms. The van der Waals surface area contributed by atoms with Gasteiger partial charge in [-0.2, -0.15) is 19.3 Å². The molecule has 0 aromatic heterocycles. The van der Waals surface area contributed by atoms with Gasteiger partial charge in [-0.1, -0.05) is 52.3 Å². The summed E-state index contributed by atoms with van der Waals surface area (Å²) in [5.41, 5.74) is -3.53. The first-order valence-corrected chi connectivity index (χ1v) is 8.48. The molecular weight excluding hydrogens is 420 g/mol. The van der Waals surface area contributed by atoms with Crippen LogP contribution in [0, 0.1) is 28.6 Å². The minimum Gasteiger partial charge on any atom is -0.325 e. The Kier molecular flexibility index (Phi) is 4.54. The SMILES string of the molecule is N#CC(C#N)[C@]1(C(F)(F)C(=O)c2ccccc2)C(=O)Nc2cc(Br)ccc21. The highest BCUT2D eigenvalue weighted by atomic mass is 79.9. The summed E-state index contributed by atoms with van der Waals surface area (Å²) >= 11 is 3.17. The molecule has 2 aromatic rings. The van der Waals surface area contributed by atoms with E-state index in [1.165, 1.54) is 54.6 Å². The number of benzene rings is 2. The van der Waals surface area contributed by atoms with Gasteiger partial charge in [-0.25, -0.2) is 0 Å². The normalized spacial score (nSPS) is 18.4. The van der Waals surface area contributed by atoms with Crippen LogP contribution in [-0.2, 0) is 10.2 Å². The lowest BCUT2D eigenvalue weighted by molar-refractivity contribution is -0.134. The van der Waals surface area contributed by atoms with E-state index in [9.17, 15) is 20.1 Å². The van der Waals surface area contributed by atoms with Gasteiger partial charge >= 0.3 is 5.92 Å². The molecule has 1 amide bonds. The van der Waals surface area contributed by atoms with Crippen LogP contribution in [0.2, 0.25) is 0 Å². The molecule has 1 aliphatic heterocycles. The number of fused-ring (bicyclic) bond motifs is 1. The Morgan fingerprint density at radius 1 is 1.15 bits per heavy atom. The first kappa shape index (κ1) is 18.7. The number of ketones is 1. The summed E-state index contributed by atoms with van der Waals surface area (Å²) < 4.78 is 31.7. The number of alkyl halides is 2. The number of rotatable bonds is 4. The molecule has 1 atom stereocenters. The van der Waals surface area contributed by atoms with Gasteiger partial charge in [0.05, 0.1) is 12.1 Å². The number of hydrogen-bond donors (Lipinski definition) is 1. The molecule has 3 rings (SSSR count). The molecule has 0 unspecified atom stereocenters. The molecule has 0 bridgehead atoms. The van der Waals surface area contributed by atoms with E-state index in [1.54, 1.807) is 6.07 Å². The van der Waals surface area contributed by atoms with Gasteiger partial charge in [-0.15, -0.1) is 0 Å². The summed E-state index contributed by atoms with van der Waals surface area (Å²) in [5.74, 6) is -9.32. The predicted octanol–water partition coefficient (Wildman–Crippen LogP) is 3.82. The maximum absolute atomic E-state index is 15.6. The fraction of sp³-hybridized carbons (Fsp3) is 0.158. The van der Waals surface area contributed by atoms with E-state index in [4.69, 9.17) is 0 Å². The smallest absolute Gasteiger partial charge is 0.325 e. The highest BCUT2D eigenvalue weighted by Crippen LogP contribution is 2.53. The third kappa shape index (κ3) is 2.53. The zero-order valence-electron chi connectivity index (χ0n) is 13.5. The Labute approximate surface area is 161 Å². The second-order valence-electron chi connectivity index (χ2n) is 5.91. The molecule has 1 aliphatic rings. The first-order chi connectivity index (χ1) is 12.8. The molecule has 0 saturated heterocycles. The van der Waals surface area contributed by atoms with Crippen molar-refractivity contribution < 1.29 is 18.4 Å². The van der Waals surface area contributed by atoms with Gasteiger partial charge in [-0.3, -0.25) is 9.59 Å². The van der Waals surface area contributed by atoms with Crippen LogP contribution in [0.4, 0.5) is 14.5 Å². The van der Waals surface area contributed by atoms with Crippen LogP contribution in [0.15, 0.2) is 53.0 Å². The zero-order valence-corrected chi connectivity index (χ0v) is 15.1. The van der Waals surface area contributed by atoms with Crippen molar-refractivity contribution in [3.63, 3.8) is 0 Å². The first-order valence-electron chi connectivity index (χ1n) is 7.69. The Hall–Kier alpha value is -3.10. The summed E-state index contributed by atoms with van der Waals surface area (Å²) in [6, 6.07) is 13.7. The van der Waals surface area contributed by atoms with E-state index in [2.05, 4.69) is 21.2 Å². The fourth-order valence-corrected chi connectivity index (χ4v) is 3.62. The number of anilines is 1. The number of nitriles is 2. The minimum atomic E-state index is -4.34. The molecule has 0 radical (unpaired) electrons. The summed E-state index contributed by atoms with van der Waals surface area (Å²) in [7, 11) is 0. The minimum absolute atomic E-state index is 0.0189. The number of carbonyl (C=O) groups is 2. The average molecular weight is 430 g/mol. The molecule has 8 heteroatoms. The predicted molar refractivity (Wildman–Crippen MR) is 94.9 cm³/mol. The van der Waals surface area contributed by atoms with E-state index in [0.717, 1.165) is 0 Å². The molecule has 0 fully saturated rings. The lowest BCUT2D eigenvalue weighted by Gasteiger charge is -2.35. The van der Waals surface area contributed by atoms with Crippen molar-refractivity contribution in [2.75, 3.05) is 5.32 Å². The Bertz CT molecular complexity index is 1010. The van der Waals surface area contributed by atoms with Crippen LogP contribution >= 0.6 is 15.9 Å². The van der Waals surface area contributed by atoms with Gasteiger partial charge in [0, 0.05) is 21.3 Å². The third-order valence-electron chi connectivity index (χ3n) is 4.52. The molecule has 1 heterocycles. The second kappa shape index (κ2) is 6.57. The van der Waals surface area contributed by atoms with Gasteiger partial charge in [0.25, 0.3) is 0 Å². The Morgan fingerprint density at radius 3 is 2.37 bits per heavy atom. The van der Waals surface area contributed by atoms with Gasteiger partial charge in [0.2, 0.25) is 11.7 Å². The second-order valence-corrected chi connectivity index (χ2v) is 6.83. The number of amides is 1. The molecule has 134 valence electrons. The van der Waals surface area contributed by atoms with Gasteiger partial charge < -0.3 is 5.32 Å². The topological polar surface area (TPSA) is 93.8 Å². The van der Waals surface area contributed by atoms with Crippen molar-refractivity contribution in [3.8, 4) is 12.1 Å². The number of Topliss-reactive ketones (excluding diaryl/α,β-unsaturated/α-hetero) is 1. The van der Waals surface area contributed by atoms with Crippen LogP contribution in [0.3, 0.4) is 0 Å². The maximum atomic E-state index is 15.6. The van der Waals surface area contributed by atoms with Gasteiger partial charge in [0.1, 0.15) is 0 Å². The van der Waals surface area contributed by atoms with Crippen molar-refractivity contribution in [3.05, 3.63) is 64.1 Å². The van der Waals surface area contributed by atoms with Crippen molar-refractivity contribution in [1.82, 2.24) is 0 Å². The third-order valence-corrected chi connectivity index (χ3v) is 5.01. The van der Waals surface area contributed by atoms with E-state index in [1.807, 2.05) is 0 Å². The molecule has 2 aromatic carbocycles. The van der Waals surface area contributed by atoms with Crippen LogP contribution in [-0.4, -0.2) is 17.6 Å². The van der Waals surface area contributed by atoms with E-state index in [0.29, 0.717) is 4.47 Å². The number of nitrogens with one attached hydrogen (secondary N) is 1. The highest BCUT2D eigenvalue weighted by Gasteiger charge is 2.71. The van der Waals surface area contributed by atoms with Crippen LogP contribution < -0.4 is 5.32 Å². The molecule has 0 saturated carbocycles. The lowest BCUT2D eigenvalue weighted by atomic mass is 9.65. The van der Waals surface area contributed by atoms with Crippen molar-refractivity contribution in [2.45, 2.75) is 11.3 Å². The Balaban J connectivity index is 2.31.